The lowest BCUT2D eigenvalue weighted by Crippen LogP contribution is -2.28. The van der Waals surface area contributed by atoms with Gasteiger partial charge in [0.25, 0.3) is 5.91 Å². The smallest absolute Gasteiger partial charge is 0.251 e. The molecule has 0 spiro atoms. The van der Waals surface area contributed by atoms with Crippen LogP contribution in [0.4, 0.5) is 0 Å². The van der Waals surface area contributed by atoms with Crippen LogP contribution in [-0.4, -0.2) is 11.0 Å². The molecule has 3 nitrogen and oxygen atoms in total. The van der Waals surface area contributed by atoms with Crippen LogP contribution in [0.15, 0.2) is 54.6 Å². The van der Waals surface area contributed by atoms with E-state index in [-0.39, 0.29) is 17.7 Å². The number of rotatable bonds is 4. The number of hydrogen-bond acceptors (Lipinski definition) is 2. The summed E-state index contributed by atoms with van der Waals surface area (Å²) in [4.78, 5) is 12.1. The van der Waals surface area contributed by atoms with Gasteiger partial charge in [-0.05, 0) is 30.2 Å². The van der Waals surface area contributed by atoms with Crippen LogP contribution in [0, 0.1) is 0 Å². The van der Waals surface area contributed by atoms with Crippen LogP contribution in [0.3, 0.4) is 0 Å². The number of phenols is 1. The van der Waals surface area contributed by atoms with Gasteiger partial charge in [-0.1, -0.05) is 43.3 Å². The summed E-state index contributed by atoms with van der Waals surface area (Å²) in [5, 5.41) is 12.4. The minimum Gasteiger partial charge on any atom is -0.508 e. The molecule has 0 aliphatic carbocycles. The Morgan fingerprint density at radius 1 is 1.16 bits per heavy atom. The van der Waals surface area contributed by atoms with E-state index in [2.05, 4.69) is 5.32 Å². The van der Waals surface area contributed by atoms with Crippen molar-refractivity contribution in [1.29, 1.82) is 0 Å². The Hall–Kier alpha value is -2.29. The molecule has 1 amide bonds. The molecule has 0 aliphatic heterocycles. The van der Waals surface area contributed by atoms with Gasteiger partial charge in [0.1, 0.15) is 5.75 Å². The maximum Gasteiger partial charge on any atom is 0.251 e. The van der Waals surface area contributed by atoms with Gasteiger partial charge >= 0.3 is 0 Å². The minimum atomic E-state index is -0.174. The molecular weight excluding hydrogens is 238 g/mol. The molecule has 3 heteroatoms. The molecule has 2 aromatic rings. The van der Waals surface area contributed by atoms with E-state index in [1.807, 2.05) is 37.3 Å². The van der Waals surface area contributed by atoms with E-state index in [9.17, 15) is 9.90 Å². The molecule has 2 aromatic carbocycles. The molecule has 1 unspecified atom stereocenters. The molecule has 0 aliphatic rings. The summed E-state index contributed by atoms with van der Waals surface area (Å²) >= 11 is 0. The molecule has 0 bridgehead atoms. The lowest BCUT2D eigenvalue weighted by Gasteiger charge is -2.17. The fraction of sp³-hybridized carbons (Fsp3) is 0.188. The molecule has 0 fully saturated rings. The molecular formula is C16H17NO2. The van der Waals surface area contributed by atoms with E-state index in [1.54, 1.807) is 18.2 Å². The van der Waals surface area contributed by atoms with Crippen molar-refractivity contribution in [3.05, 3.63) is 65.7 Å². The van der Waals surface area contributed by atoms with Gasteiger partial charge in [-0.25, -0.2) is 0 Å². The largest absolute Gasteiger partial charge is 0.508 e. The van der Waals surface area contributed by atoms with Crippen molar-refractivity contribution >= 4 is 5.91 Å². The molecule has 2 rings (SSSR count). The zero-order chi connectivity index (χ0) is 13.7. The first-order chi connectivity index (χ1) is 9.20. The van der Waals surface area contributed by atoms with Crippen molar-refractivity contribution in [3.8, 4) is 5.75 Å². The second-order valence-electron chi connectivity index (χ2n) is 4.40. The fourth-order valence-electron chi connectivity index (χ4n) is 2.00. The number of amides is 1. The Bertz CT molecular complexity index is 552. The average Bonchev–Trinajstić information content (AvgIpc) is 2.45. The number of benzene rings is 2. The molecule has 0 heterocycles. The van der Waals surface area contributed by atoms with Crippen LogP contribution in [-0.2, 0) is 0 Å². The number of hydrogen-bond donors (Lipinski definition) is 2. The number of nitrogens with one attached hydrogen (secondary N) is 1. The Kier molecular flexibility index (Phi) is 4.18. The van der Waals surface area contributed by atoms with Crippen LogP contribution in [0.25, 0.3) is 0 Å². The van der Waals surface area contributed by atoms with Crippen LogP contribution < -0.4 is 5.32 Å². The van der Waals surface area contributed by atoms with Gasteiger partial charge in [-0.2, -0.15) is 0 Å². The Morgan fingerprint density at radius 3 is 2.53 bits per heavy atom. The van der Waals surface area contributed by atoms with E-state index in [0.29, 0.717) is 5.56 Å². The van der Waals surface area contributed by atoms with Gasteiger partial charge in [-0.15, -0.1) is 0 Å². The van der Waals surface area contributed by atoms with E-state index < -0.39 is 0 Å². The van der Waals surface area contributed by atoms with Gasteiger partial charge in [0, 0.05) is 5.56 Å². The van der Waals surface area contributed by atoms with Crippen molar-refractivity contribution in [2.75, 3.05) is 0 Å². The second-order valence-corrected chi connectivity index (χ2v) is 4.40. The number of phenolic OH excluding ortho intramolecular Hbond substituents is 1. The van der Waals surface area contributed by atoms with Crippen molar-refractivity contribution in [1.82, 2.24) is 5.32 Å². The number of carbonyl (C=O) groups excluding carboxylic acids is 1. The zero-order valence-corrected chi connectivity index (χ0v) is 10.8. The maximum absolute atomic E-state index is 12.1. The molecule has 1 atom stereocenters. The molecule has 0 saturated carbocycles. The van der Waals surface area contributed by atoms with Gasteiger partial charge in [0.2, 0.25) is 0 Å². The summed E-state index contributed by atoms with van der Waals surface area (Å²) in [5.41, 5.74) is 1.55. The second kappa shape index (κ2) is 6.05. The summed E-state index contributed by atoms with van der Waals surface area (Å²) in [7, 11) is 0. The summed E-state index contributed by atoms with van der Waals surface area (Å²) in [6.45, 7) is 2.03. The number of carbonyl (C=O) groups is 1. The van der Waals surface area contributed by atoms with Gasteiger partial charge in [-0.3, -0.25) is 4.79 Å². The van der Waals surface area contributed by atoms with Crippen molar-refractivity contribution in [3.63, 3.8) is 0 Å². The molecule has 0 aromatic heterocycles. The van der Waals surface area contributed by atoms with Crippen LogP contribution in [0.2, 0.25) is 0 Å². The van der Waals surface area contributed by atoms with Crippen molar-refractivity contribution < 1.29 is 9.90 Å². The summed E-state index contributed by atoms with van der Waals surface area (Å²) < 4.78 is 0. The molecule has 2 N–H and O–H groups in total. The standard InChI is InChI=1S/C16H17NO2/c1-2-15(12-7-4-3-5-8-12)17-16(19)13-9-6-10-14(18)11-13/h3-11,15,18H,2H2,1H3,(H,17,19). The quantitative estimate of drug-likeness (QED) is 0.880. The maximum atomic E-state index is 12.1. The minimum absolute atomic E-state index is 0.0175. The van der Waals surface area contributed by atoms with Crippen LogP contribution >= 0.6 is 0 Å². The third kappa shape index (κ3) is 3.35. The predicted octanol–water partition coefficient (Wildman–Crippen LogP) is 3.27. The Labute approximate surface area is 112 Å². The first-order valence-corrected chi connectivity index (χ1v) is 6.35. The van der Waals surface area contributed by atoms with Crippen molar-refractivity contribution in [2.45, 2.75) is 19.4 Å². The first kappa shape index (κ1) is 13.1. The highest BCUT2D eigenvalue weighted by Gasteiger charge is 2.13. The highest BCUT2D eigenvalue weighted by molar-refractivity contribution is 5.94. The Balaban J connectivity index is 2.13. The highest BCUT2D eigenvalue weighted by atomic mass is 16.3. The lowest BCUT2D eigenvalue weighted by atomic mass is 10.0. The molecule has 98 valence electrons. The Morgan fingerprint density at radius 2 is 1.89 bits per heavy atom. The van der Waals surface area contributed by atoms with E-state index in [4.69, 9.17) is 0 Å². The third-order valence-corrected chi connectivity index (χ3v) is 3.02. The molecule has 19 heavy (non-hydrogen) atoms. The molecule has 0 radical (unpaired) electrons. The van der Waals surface area contributed by atoms with E-state index in [0.717, 1.165) is 12.0 Å². The third-order valence-electron chi connectivity index (χ3n) is 3.02. The fourth-order valence-corrected chi connectivity index (χ4v) is 2.00. The van der Waals surface area contributed by atoms with Crippen LogP contribution in [0.5, 0.6) is 5.75 Å². The predicted molar refractivity (Wildman–Crippen MR) is 75.0 cm³/mol. The van der Waals surface area contributed by atoms with Crippen molar-refractivity contribution in [2.24, 2.45) is 0 Å². The van der Waals surface area contributed by atoms with Gasteiger partial charge < -0.3 is 10.4 Å². The lowest BCUT2D eigenvalue weighted by molar-refractivity contribution is 0.0935. The normalized spacial score (nSPS) is 11.8. The summed E-state index contributed by atoms with van der Waals surface area (Å²) in [6.07, 6.45) is 0.814. The topological polar surface area (TPSA) is 49.3 Å². The first-order valence-electron chi connectivity index (χ1n) is 6.35. The van der Waals surface area contributed by atoms with Crippen LogP contribution in [0.1, 0.15) is 35.3 Å². The van der Waals surface area contributed by atoms with E-state index >= 15 is 0 Å². The summed E-state index contributed by atoms with van der Waals surface area (Å²) in [5.74, 6) is -0.0768. The number of aromatic hydroxyl groups is 1. The summed E-state index contributed by atoms with van der Waals surface area (Å²) in [6, 6.07) is 16.2. The zero-order valence-electron chi connectivity index (χ0n) is 10.8. The van der Waals surface area contributed by atoms with Gasteiger partial charge in [0.05, 0.1) is 6.04 Å². The highest BCUT2D eigenvalue weighted by Crippen LogP contribution is 2.17. The molecule has 0 saturated heterocycles. The average molecular weight is 255 g/mol. The monoisotopic (exact) mass is 255 g/mol. The van der Waals surface area contributed by atoms with Gasteiger partial charge in [0.15, 0.2) is 0 Å². The van der Waals surface area contributed by atoms with E-state index in [1.165, 1.54) is 6.07 Å². The SMILES string of the molecule is CCC(NC(=O)c1cccc(O)c1)c1ccccc1.